The van der Waals surface area contributed by atoms with Gasteiger partial charge in [0.1, 0.15) is 0 Å². The van der Waals surface area contributed by atoms with Crippen molar-refractivity contribution in [3.63, 3.8) is 0 Å². The second-order valence-corrected chi connectivity index (χ2v) is 7.09. The summed E-state index contributed by atoms with van der Waals surface area (Å²) in [6, 6.07) is 15.2. The summed E-state index contributed by atoms with van der Waals surface area (Å²) in [5, 5.41) is 11.4. The normalized spacial score (nSPS) is 15.4. The van der Waals surface area contributed by atoms with Crippen molar-refractivity contribution in [2.45, 2.75) is 25.3 Å². The molecule has 0 bridgehead atoms. The second kappa shape index (κ2) is 10.1. The molecule has 5 nitrogen and oxygen atoms in total. The van der Waals surface area contributed by atoms with Crippen molar-refractivity contribution in [3.8, 4) is 0 Å². The molecule has 0 saturated carbocycles. The van der Waals surface area contributed by atoms with E-state index >= 15 is 0 Å². The van der Waals surface area contributed by atoms with Gasteiger partial charge in [0.2, 0.25) is 11.0 Å². The Labute approximate surface area is 184 Å². The molecule has 0 spiro atoms. The minimum atomic E-state index is -1.25. The number of nitrogens with zero attached hydrogens (tertiary/aromatic N) is 1. The van der Waals surface area contributed by atoms with Crippen LogP contribution in [0.5, 0.6) is 0 Å². The number of hydrogen-bond acceptors (Lipinski definition) is 5. The maximum Gasteiger partial charge on any atom is 1.00 e. The predicted octanol–water partition coefficient (Wildman–Crippen LogP) is -0.948. The number of carbonyl (C=O) groups excluding carboxylic acids is 3. The van der Waals surface area contributed by atoms with E-state index in [0.29, 0.717) is 29.8 Å². The smallest absolute Gasteiger partial charge is 0.548 e. The molecule has 0 N–H and O–H groups in total. The fourth-order valence-electron chi connectivity index (χ4n) is 3.09. The molecule has 1 aliphatic rings. The van der Waals surface area contributed by atoms with Crippen molar-refractivity contribution in [1.29, 1.82) is 0 Å². The number of thioether (sulfide) groups is 1. The summed E-state index contributed by atoms with van der Waals surface area (Å²) in [7, 11) is 0. The van der Waals surface area contributed by atoms with Gasteiger partial charge in [-0.05, 0) is 24.5 Å². The molecule has 0 unspecified atom stereocenters. The summed E-state index contributed by atoms with van der Waals surface area (Å²) >= 11 is 1.06. The zero-order valence-corrected chi connectivity index (χ0v) is 17.9. The summed E-state index contributed by atoms with van der Waals surface area (Å²) in [4.78, 5) is 37.6. The van der Waals surface area contributed by atoms with Gasteiger partial charge in [0.25, 0.3) is 0 Å². The van der Waals surface area contributed by atoms with Crippen molar-refractivity contribution in [3.05, 3.63) is 65.7 Å². The zero-order valence-electron chi connectivity index (χ0n) is 15.1. The Hall–Kier alpha value is -1.60. The van der Waals surface area contributed by atoms with Crippen LogP contribution in [0.3, 0.4) is 0 Å². The summed E-state index contributed by atoms with van der Waals surface area (Å²) in [5.41, 5.74) is 2.16. The van der Waals surface area contributed by atoms with Gasteiger partial charge in [-0.25, -0.2) is 0 Å². The van der Waals surface area contributed by atoms with Crippen LogP contribution in [0.4, 0.5) is 5.69 Å². The molecule has 2 aromatic rings. The summed E-state index contributed by atoms with van der Waals surface area (Å²) in [6.07, 6.45) is 1.02. The van der Waals surface area contributed by atoms with Crippen LogP contribution in [0.25, 0.3) is 0 Å². The van der Waals surface area contributed by atoms with Crippen molar-refractivity contribution in [2.24, 2.45) is 0 Å². The Morgan fingerprint density at radius 1 is 1.04 bits per heavy atom. The van der Waals surface area contributed by atoms with Gasteiger partial charge in [-0.3, -0.25) is 9.59 Å². The molecule has 0 fully saturated rings. The molecule has 2 aromatic carbocycles. The molecule has 1 heterocycles. The number of para-hydroxylation sites is 1. The first-order valence-electron chi connectivity index (χ1n) is 8.41. The summed E-state index contributed by atoms with van der Waals surface area (Å²) in [5.74, 6) is -1.26. The van der Waals surface area contributed by atoms with E-state index in [1.54, 1.807) is 36.4 Å². The number of rotatable bonds is 5. The molecule has 1 aliphatic heterocycles. The molecule has 0 saturated heterocycles. The van der Waals surface area contributed by atoms with Gasteiger partial charge >= 0.3 is 29.6 Å². The quantitative estimate of drug-likeness (QED) is 0.615. The molecule has 1 atom stereocenters. The Morgan fingerprint density at radius 3 is 2.41 bits per heavy atom. The zero-order chi connectivity index (χ0) is 18.5. The van der Waals surface area contributed by atoms with Crippen LogP contribution in [-0.2, 0) is 16.0 Å². The van der Waals surface area contributed by atoms with Gasteiger partial charge in [-0.1, -0.05) is 60.3 Å². The van der Waals surface area contributed by atoms with E-state index in [-0.39, 0.29) is 47.0 Å². The number of hydrogen-bond donors (Lipinski definition) is 0. The van der Waals surface area contributed by atoms with Crippen LogP contribution in [0, 0.1) is 0 Å². The van der Waals surface area contributed by atoms with Crippen molar-refractivity contribution in [1.82, 2.24) is 0 Å². The number of carbonyl (C=O) groups is 3. The topological polar surface area (TPSA) is 77.5 Å². The van der Waals surface area contributed by atoms with Gasteiger partial charge in [0.15, 0.2) is 0 Å². The van der Waals surface area contributed by atoms with Gasteiger partial charge in [-0.2, -0.15) is 0 Å². The molecule has 7 heteroatoms. The molecule has 3 rings (SSSR count). The Bertz CT molecular complexity index is 828. The van der Waals surface area contributed by atoms with E-state index in [1.165, 1.54) is 4.90 Å². The first-order valence-corrected chi connectivity index (χ1v) is 9.39. The van der Waals surface area contributed by atoms with E-state index in [9.17, 15) is 19.5 Å². The molecule has 1 amide bonds. The number of amides is 1. The van der Waals surface area contributed by atoms with E-state index in [0.717, 1.165) is 17.3 Å². The average Bonchev–Trinajstić information content (AvgIpc) is 2.67. The molecule has 0 aromatic heterocycles. The molecular formula is C20H18NNaO4S. The first-order chi connectivity index (χ1) is 12.6. The Morgan fingerprint density at radius 2 is 1.70 bits per heavy atom. The molecule has 27 heavy (non-hydrogen) atoms. The number of aryl methyl sites for hydroxylation is 1. The molecule has 134 valence electrons. The largest absolute Gasteiger partial charge is 1.00 e. The number of carboxylic acids is 1. The third kappa shape index (κ3) is 5.23. The standard InChI is InChI=1S/C20H19NO4S.Na/c22-18(12-13-26-20(25)15-7-2-1-3-8-15)21-16-9-5-4-6-14(16)10-11-17(21)19(23)24;/h1-9,17H,10-13H2,(H,23,24);/q;+1/p-1/t17-;/m0./s1. The first kappa shape index (κ1) is 21.7. The summed E-state index contributed by atoms with van der Waals surface area (Å²) in [6.45, 7) is 0. The van der Waals surface area contributed by atoms with Crippen LogP contribution in [0.15, 0.2) is 54.6 Å². The Kier molecular flexibility index (Phi) is 8.10. The average molecular weight is 391 g/mol. The fourth-order valence-corrected chi connectivity index (χ4v) is 3.85. The minimum Gasteiger partial charge on any atom is -0.548 e. The second-order valence-electron chi connectivity index (χ2n) is 6.02. The van der Waals surface area contributed by atoms with Gasteiger partial charge in [0, 0.05) is 23.4 Å². The van der Waals surface area contributed by atoms with Gasteiger partial charge < -0.3 is 14.8 Å². The van der Waals surface area contributed by atoms with Crippen LogP contribution < -0.4 is 39.6 Å². The predicted molar refractivity (Wildman–Crippen MR) is 98.9 cm³/mol. The SMILES string of the molecule is O=C(SCCC(=O)N1c2ccccc2CC[C@H]1C(=O)[O-])c1ccccc1.[Na+]. The molecule has 0 radical (unpaired) electrons. The summed E-state index contributed by atoms with van der Waals surface area (Å²) < 4.78 is 0. The van der Waals surface area contributed by atoms with Crippen molar-refractivity contribution < 1.29 is 49.0 Å². The third-order valence-corrected chi connectivity index (χ3v) is 5.26. The van der Waals surface area contributed by atoms with Crippen LogP contribution in [-0.4, -0.2) is 28.8 Å². The number of aliphatic carboxylic acids is 1. The van der Waals surface area contributed by atoms with E-state index in [4.69, 9.17) is 0 Å². The molecule has 0 aliphatic carbocycles. The van der Waals surface area contributed by atoms with Crippen LogP contribution in [0.2, 0.25) is 0 Å². The van der Waals surface area contributed by atoms with E-state index < -0.39 is 12.0 Å². The number of anilines is 1. The molecular weight excluding hydrogens is 373 g/mol. The minimum absolute atomic E-state index is 0. The van der Waals surface area contributed by atoms with Crippen molar-refractivity contribution in [2.75, 3.05) is 10.7 Å². The van der Waals surface area contributed by atoms with E-state index in [2.05, 4.69) is 0 Å². The Balaban J connectivity index is 0.00000261. The fraction of sp³-hybridized carbons (Fsp3) is 0.250. The number of benzene rings is 2. The number of carboxylic acid groups (broad SMARTS) is 1. The van der Waals surface area contributed by atoms with Crippen LogP contribution in [0.1, 0.15) is 28.8 Å². The monoisotopic (exact) mass is 391 g/mol. The van der Waals surface area contributed by atoms with Gasteiger partial charge in [-0.15, -0.1) is 0 Å². The van der Waals surface area contributed by atoms with Crippen molar-refractivity contribution >= 4 is 34.4 Å². The van der Waals surface area contributed by atoms with E-state index in [1.807, 2.05) is 18.2 Å². The maximum atomic E-state index is 12.7. The maximum absolute atomic E-state index is 12.7. The number of fused-ring (bicyclic) bond motifs is 1. The van der Waals surface area contributed by atoms with Crippen LogP contribution >= 0.6 is 11.8 Å². The van der Waals surface area contributed by atoms with Gasteiger partial charge in [0.05, 0.1) is 12.0 Å². The third-order valence-electron chi connectivity index (χ3n) is 4.35.